The third-order valence-corrected chi connectivity index (χ3v) is 6.32. The Kier molecular flexibility index (Phi) is 6.95. The summed E-state index contributed by atoms with van der Waals surface area (Å²) >= 11 is 0.920. The number of aromatic nitrogens is 4. The molecule has 0 bridgehead atoms. The van der Waals surface area contributed by atoms with Gasteiger partial charge in [-0.15, -0.1) is 16.4 Å². The third kappa shape index (κ3) is 5.39. The number of nitrogens with two attached hydrogens (primary N) is 1. The van der Waals surface area contributed by atoms with Crippen molar-refractivity contribution in [2.24, 2.45) is 5.16 Å². The number of carbonyl (C=O) groups is 4. The van der Waals surface area contributed by atoms with Crippen LogP contribution in [0.3, 0.4) is 0 Å². The number of oxime groups is 1. The van der Waals surface area contributed by atoms with E-state index in [1.54, 1.807) is 0 Å². The summed E-state index contributed by atoms with van der Waals surface area (Å²) in [5.74, 6) is -5.17. The molecule has 1 fully saturated rings. The summed E-state index contributed by atoms with van der Waals surface area (Å²) in [5, 5.41) is 32.1. The molecule has 2 aromatic heterocycles. The first-order chi connectivity index (χ1) is 16.6. The van der Waals surface area contributed by atoms with Crippen molar-refractivity contribution < 1.29 is 47.2 Å². The second-order valence-electron chi connectivity index (χ2n) is 7.68. The number of anilines is 1. The highest BCUT2D eigenvalue weighted by molar-refractivity contribution is 7.84. The molecule has 0 radical (unpaired) electrons. The Morgan fingerprint density at radius 3 is 2.47 bits per heavy atom. The minimum Gasteiger partial charge on any atom is -0.478 e. The highest BCUT2D eigenvalue weighted by atomic mass is 32.2. The van der Waals surface area contributed by atoms with Gasteiger partial charge in [-0.3, -0.25) is 14.1 Å². The SMILES string of the molecule is CC(C)(O/N=C(\C(=O)N[C@@H]1C(=O)N(S(=O)(=O)O)[C@@H]1Cn1cc(C(=O)O)nn1)c1csc(N)n1)C(=O)O. The number of nitrogens with one attached hydrogen (secondary N) is 1. The van der Waals surface area contributed by atoms with E-state index >= 15 is 0 Å². The maximum absolute atomic E-state index is 13.0. The van der Waals surface area contributed by atoms with Crippen LogP contribution in [0.25, 0.3) is 0 Å². The first-order valence-corrected chi connectivity index (χ1v) is 11.9. The smallest absolute Gasteiger partial charge is 0.362 e. The summed E-state index contributed by atoms with van der Waals surface area (Å²) in [6.07, 6.45) is 0.943. The maximum Gasteiger partial charge on any atom is 0.362 e. The van der Waals surface area contributed by atoms with Crippen LogP contribution in [0.1, 0.15) is 30.0 Å². The van der Waals surface area contributed by atoms with E-state index in [4.69, 9.17) is 15.7 Å². The molecule has 0 unspecified atom stereocenters. The maximum atomic E-state index is 13.0. The van der Waals surface area contributed by atoms with Crippen molar-refractivity contribution in [2.75, 3.05) is 5.73 Å². The van der Waals surface area contributed by atoms with Gasteiger partial charge in [-0.1, -0.05) is 10.4 Å². The number of nitrogens with zero attached hydrogens (tertiary/aromatic N) is 6. The highest BCUT2D eigenvalue weighted by Crippen LogP contribution is 2.25. The van der Waals surface area contributed by atoms with Gasteiger partial charge in [0.15, 0.2) is 16.5 Å². The number of β-lactam (4-membered cyclic amide) rings is 1. The molecule has 0 aromatic carbocycles. The van der Waals surface area contributed by atoms with Gasteiger partial charge in [-0.2, -0.15) is 8.42 Å². The third-order valence-electron chi connectivity index (χ3n) is 4.70. The first-order valence-electron chi connectivity index (χ1n) is 9.57. The minimum atomic E-state index is -5.06. The average Bonchev–Trinajstić information content (AvgIpc) is 3.40. The van der Waals surface area contributed by atoms with Crippen molar-refractivity contribution in [1.29, 1.82) is 0 Å². The fourth-order valence-corrected chi connectivity index (χ4v) is 4.25. The number of hydrogen-bond donors (Lipinski definition) is 5. The fraction of sp³-hybridized carbons (Fsp3) is 0.375. The molecule has 3 rings (SSSR count). The zero-order valence-electron chi connectivity index (χ0n) is 18.3. The van der Waals surface area contributed by atoms with Crippen LogP contribution in [0, 0.1) is 0 Å². The minimum absolute atomic E-state index is 0.0264. The van der Waals surface area contributed by atoms with Crippen LogP contribution in [0.4, 0.5) is 5.13 Å². The van der Waals surface area contributed by atoms with Crippen LogP contribution in [0.5, 0.6) is 0 Å². The average molecular weight is 547 g/mol. The number of aromatic carboxylic acids is 1. The number of carboxylic acids is 2. The van der Waals surface area contributed by atoms with Crippen LogP contribution in [-0.2, 0) is 36.1 Å². The molecule has 20 heteroatoms. The summed E-state index contributed by atoms with van der Waals surface area (Å²) < 4.78 is 33.8. The van der Waals surface area contributed by atoms with Gasteiger partial charge >= 0.3 is 22.2 Å². The molecule has 1 saturated heterocycles. The summed E-state index contributed by atoms with van der Waals surface area (Å²) in [5.41, 5.74) is 2.53. The molecule has 2 atom stereocenters. The van der Waals surface area contributed by atoms with E-state index < -0.39 is 69.7 Å². The van der Waals surface area contributed by atoms with Crippen LogP contribution in [0.15, 0.2) is 16.7 Å². The predicted octanol–water partition coefficient (Wildman–Crippen LogP) is -2.20. The van der Waals surface area contributed by atoms with Crippen LogP contribution in [-0.4, -0.2) is 94.6 Å². The number of hydrogen-bond acceptors (Lipinski definition) is 13. The molecule has 1 aliphatic heterocycles. The molecule has 3 heterocycles. The van der Waals surface area contributed by atoms with Crippen LogP contribution < -0.4 is 11.1 Å². The lowest BCUT2D eigenvalue weighted by Gasteiger charge is -2.43. The highest BCUT2D eigenvalue weighted by Gasteiger charge is 2.54. The first kappa shape index (κ1) is 26.4. The number of aliphatic carboxylic acids is 1. The van der Waals surface area contributed by atoms with E-state index in [1.165, 1.54) is 5.38 Å². The molecule has 18 nitrogen and oxygen atoms in total. The zero-order valence-corrected chi connectivity index (χ0v) is 19.9. The monoisotopic (exact) mass is 546 g/mol. The van der Waals surface area contributed by atoms with Gasteiger partial charge in [-0.05, 0) is 13.8 Å². The van der Waals surface area contributed by atoms with Crippen molar-refractivity contribution >= 4 is 56.2 Å². The van der Waals surface area contributed by atoms with Crippen molar-refractivity contribution in [3.8, 4) is 0 Å². The van der Waals surface area contributed by atoms with Crippen molar-refractivity contribution in [2.45, 2.75) is 38.1 Å². The van der Waals surface area contributed by atoms with Crippen molar-refractivity contribution in [3.05, 3.63) is 23.0 Å². The molecule has 6 N–H and O–H groups in total. The van der Waals surface area contributed by atoms with Gasteiger partial charge in [-0.25, -0.2) is 23.6 Å². The largest absolute Gasteiger partial charge is 0.478 e. The number of rotatable bonds is 10. The van der Waals surface area contributed by atoms with Gasteiger partial charge in [0.1, 0.15) is 11.7 Å². The quantitative estimate of drug-likeness (QED) is 0.0915. The van der Waals surface area contributed by atoms with E-state index in [9.17, 15) is 37.3 Å². The van der Waals surface area contributed by atoms with E-state index in [1.807, 2.05) is 0 Å². The fourth-order valence-electron chi connectivity index (χ4n) is 2.83. The number of amides is 2. The number of thiazole rings is 1. The molecule has 2 amide bonds. The zero-order chi connectivity index (χ0) is 27.0. The Morgan fingerprint density at radius 1 is 1.31 bits per heavy atom. The Morgan fingerprint density at radius 2 is 1.97 bits per heavy atom. The molecular weight excluding hydrogens is 528 g/mol. The molecule has 0 spiro atoms. The molecule has 0 saturated carbocycles. The molecule has 2 aromatic rings. The lowest BCUT2D eigenvalue weighted by molar-refractivity contribution is -0.161. The lowest BCUT2D eigenvalue weighted by atomic mass is 9.98. The van der Waals surface area contributed by atoms with E-state index in [2.05, 4.69) is 25.8 Å². The number of carboxylic acid groups (broad SMARTS) is 2. The lowest BCUT2D eigenvalue weighted by Crippen LogP contribution is -2.73. The molecular formula is C16H18N8O10S2. The Bertz CT molecular complexity index is 1360. The number of carbonyl (C=O) groups excluding carboxylic acids is 2. The van der Waals surface area contributed by atoms with E-state index in [0.717, 1.165) is 36.1 Å². The van der Waals surface area contributed by atoms with Crippen LogP contribution in [0.2, 0.25) is 0 Å². The topological polar surface area (TPSA) is 270 Å². The summed E-state index contributed by atoms with van der Waals surface area (Å²) in [7, 11) is -5.06. The predicted molar refractivity (Wildman–Crippen MR) is 117 cm³/mol. The second-order valence-corrected chi connectivity index (χ2v) is 9.86. The Labute approximate surface area is 205 Å². The molecule has 1 aliphatic rings. The van der Waals surface area contributed by atoms with E-state index in [0.29, 0.717) is 0 Å². The second kappa shape index (κ2) is 9.47. The van der Waals surface area contributed by atoms with E-state index in [-0.39, 0.29) is 15.1 Å². The standard InChI is InChI=1S/C16H18N8O10S2/c1-16(2,14(29)30)34-21-9(7-5-35-15(17)18-7)11(25)19-10-8(24(12(10)26)36(31,32)33)4-23-3-6(13(27)28)20-22-23/h3,5,8,10H,4H2,1-2H3,(H2,17,18)(H,19,25)(H,27,28)(H,29,30)(H,31,32,33)/b21-9-/t8-,10+/m1/s1. The van der Waals surface area contributed by atoms with Crippen molar-refractivity contribution in [1.82, 2.24) is 29.6 Å². The van der Waals surface area contributed by atoms with Crippen LogP contribution >= 0.6 is 11.3 Å². The normalized spacial score (nSPS) is 18.5. The molecule has 36 heavy (non-hydrogen) atoms. The molecule has 194 valence electrons. The van der Waals surface area contributed by atoms with Crippen molar-refractivity contribution in [3.63, 3.8) is 0 Å². The number of nitrogen functional groups attached to an aromatic ring is 1. The van der Waals surface area contributed by atoms with Gasteiger partial charge in [0.2, 0.25) is 5.60 Å². The summed E-state index contributed by atoms with van der Waals surface area (Å²) in [6, 6.07) is -3.01. The summed E-state index contributed by atoms with van der Waals surface area (Å²) in [6.45, 7) is 1.82. The molecule has 0 aliphatic carbocycles. The Hall–Kier alpha value is -4.17. The van der Waals surface area contributed by atoms with Gasteiger partial charge in [0, 0.05) is 5.38 Å². The van der Waals surface area contributed by atoms with Gasteiger partial charge in [0.25, 0.3) is 11.8 Å². The summed E-state index contributed by atoms with van der Waals surface area (Å²) in [4.78, 5) is 56.6. The Balaban J connectivity index is 1.90. The van der Waals surface area contributed by atoms with Gasteiger partial charge in [0.05, 0.1) is 18.8 Å². The van der Waals surface area contributed by atoms with Gasteiger partial charge < -0.3 is 26.1 Å².